The van der Waals surface area contributed by atoms with Crippen molar-refractivity contribution < 1.29 is 31.5 Å². The van der Waals surface area contributed by atoms with E-state index in [0.29, 0.717) is 27.1 Å². The van der Waals surface area contributed by atoms with Gasteiger partial charge in [0.15, 0.2) is 34.8 Å². The molecule has 0 saturated carbocycles. The van der Waals surface area contributed by atoms with Crippen molar-refractivity contribution in [3.8, 4) is 17.2 Å². The van der Waals surface area contributed by atoms with Gasteiger partial charge in [0.1, 0.15) is 10.7 Å². The molecule has 1 aliphatic carbocycles. The Hall–Kier alpha value is -4.82. The third-order valence-electron chi connectivity index (χ3n) is 9.21. The predicted octanol–water partition coefficient (Wildman–Crippen LogP) is 11.5. The van der Waals surface area contributed by atoms with Crippen LogP contribution in [0.15, 0.2) is 54.1 Å². The average molecular weight is 736 g/mol. The SMILES string of the molecule is Cc1cc(C#N)cc(C)c1-c1ccc2c(c1)C(C)(C)c1cc(C=C3C(=O)c4cc(Cl)c(Cl)cc4C3=O)sc1N2c1c(F)c(F)c(F)c(F)c1F. The number of allylic oxidation sites excluding steroid dienone is 1. The molecule has 0 amide bonds. The smallest absolute Gasteiger partial charge is 0.200 e. The zero-order chi connectivity index (χ0) is 36.1. The maximum atomic E-state index is 15.6. The van der Waals surface area contributed by atoms with Crippen molar-refractivity contribution in [1.82, 2.24) is 0 Å². The van der Waals surface area contributed by atoms with Gasteiger partial charge in [0.25, 0.3) is 0 Å². The lowest BCUT2D eigenvalue weighted by Crippen LogP contribution is -2.30. The molecular weight excluding hydrogens is 714 g/mol. The number of benzene rings is 4. The molecule has 12 heteroatoms. The number of fused-ring (bicyclic) bond motifs is 3. The maximum Gasteiger partial charge on any atom is 0.200 e. The maximum absolute atomic E-state index is 15.6. The van der Waals surface area contributed by atoms with E-state index in [1.54, 1.807) is 36.4 Å². The largest absolute Gasteiger partial charge is 0.296 e. The summed E-state index contributed by atoms with van der Waals surface area (Å²) in [5.41, 5.74) is 2.48. The van der Waals surface area contributed by atoms with Crippen molar-refractivity contribution in [1.29, 1.82) is 5.26 Å². The Labute approximate surface area is 296 Å². The fraction of sp³-hybridized carbons (Fsp3) is 0.132. The van der Waals surface area contributed by atoms with E-state index in [-0.39, 0.29) is 37.4 Å². The monoisotopic (exact) mass is 734 g/mol. The van der Waals surface area contributed by atoms with Crippen LogP contribution < -0.4 is 4.90 Å². The summed E-state index contributed by atoms with van der Waals surface area (Å²) < 4.78 is 75.0. The Kier molecular flexibility index (Phi) is 7.83. The molecule has 0 bridgehead atoms. The number of hydrogen-bond donors (Lipinski definition) is 0. The van der Waals surface area contributed by atoms with Gasteiger partial charge in [-0.25, -0.2) is 22.0 Å². The number of carbonyl (C=O) groups excluding carboxylic acids is 2. The van der Waals surface area contributed by atoms with Crippen molar-refractivity contribution in [2.75, 3.05) is 4.90 Å². The molecule has 50 heavy (non-hydrogen) atoms. The minimum Gasteiger partial charge on any atom is -0.296 e. The highest BCUT2D eigenvalue weighted by atomic mass is 35.5. The van der Waals surface area contributed by atoms with Gasteiger partial charge >= 0.3 is 0 Å². The normalized spacial score (nSPS) is 14.4. The fourth-order valence-electron chi connectivity index (χ4n) is 6.81. The highest BCUT2D eigenvalue weighted by Crippen LogP contribution is 2.57. The Morgan fingerprint density at radius 3 is 1.86 bits per heavy atom. The van der Waals surface area contributed by atoms with Crippen LogP contribution in [-0.4, -0.2) is 11.6 Å². The third kappa shape index (κ3) is 4.83. The molecule has 0 radical (unpaired) electrons. The Balaban J connectivity index is 1.47. The standard InChI is InChI=1S/C38H21Cl2F5N2O2S/c1-15-7-17(14-46)8-16(2)28(15)18-5-6-27-23(9-18)38(3,4)24-11-19(10-22-35(48)20-12-25(39)26(40)13-21(20)36(22)49)50-37(24)47(27)34-32(44)30(42)29(41)31(43)33(34)45/h5-13H,1-4H3. The Morgan fingerprint density at radius 2 is 1.32 bits per heavy atom. The first kappa shape index (κ1) is 33.7. The molecule has 0 unspecified atom stereocenters. The Bertz CT molecular complexity index is 2390. The molecule has 0 N–H and O–H groups in total. The lowest BCUT2D eigenvalue weighted by atomic mass is 9.74. The molecule has 1 aliphatic heterocycles. The minimum absolute atomic E-state index is 0.0636. The molecule has 7 rings (SSSR count). The van der Waals surface area contributed by atoms with Crippen LogP contribution in [0.1, 0.15) is 67.3 Å². The number of Topliss-reactive ketones (excluding diaryl/α,β-unsaturated/α-hetero) is 2. The zero-order valence-corrected chi connectivity index (χ0v) is 28.8. The lowest BCUT2D eigenvalue weighted by molar-refractivity contribution is 0.0990. The number of halogens is 7. The molecule has 2 heterocycles. The predicted molar refractivity (Wildman–Crippen MR) is 184 cm³/mol. The molecule has 5 aromatic rings. The van der Waals surface area contributed by atoms with Crippen molar-refractivity contribution >= 4 is 68.6 Å². The van der Waals surface area contributed by atoms with Crippen LogP contribution in [0.25, 0.3) is 17.2 Å². The molecule has 0 atom stereocenters. The summed E-state index contributed by atoms with van der Waals surface area (Å²) in [5.74, 6) is -11.8. The van der Waals surface area contributed by atoms with E-state index in [2.05, 4.69) is 6.07 Å². The summed E-state index contributed by atoms with van der Waals surface area (Å²) in [5, 5.41) is 9.74. The zero-order valence-electron chi connectivity index (χ0n) is 26.5. The Morgan fingerprint density at radius 1 is 0.780 bits per heavy atom. The van der Waals surface area contributed by atoms with Crippen LogP contribution in [0.2, 0.25) is 10.0 Å². The molecule has 0 fully saturated rings. The van der Waals surface area contributed by atoms with Crippen LogP contribution in [-0.2, 0) is 5.41 Å². The van der Waals surface area contributed by atoms with Gasteiger partial charge in [-0.1, -0.05) is 43.1 Å². The number of hydrogen-bond acceptors (Lipinski definition) is 5. The van der Waals surface area contributed by atoms with Gasteiger partial charge in [0.2, 0.25) is 5.82 Å². The highest BCUT2D eigenvalue weighted by Gasteiger charge is 2.43. The van der Waals surface area contributed by atoms with Gasteiger partial charge in [0.05, 0.1) is 32.9 Å². The van der Waals surface area contributed by atoms with Gasteiger partial charge in [-0.2, -0.15) is 5.26 Å². The summed E-state index contributed by atoms with van der Waals surface area (Å²) in [6.45, 7) is 7.38. The number of nitrogens with zero attached hydrogens (tertiary/aromatic N) is 2. The second-order valence-corrected chi connectivity index (χ2v) is 14.5. The summed E-state index contributed by atoms with van der Waals surface area (Å²) in [4.78, 5) is 28.0. The van der Waals surface area contributed by atoms with Crippen molar-refractivity contribution in [2.24, 2.45) is 0 Å². The van der Waals surface area contributed by atoms with Gasteiger partial charge in [-0.05, 0) is 95.8 Å². The van der Waals surface area contributed by atoms with Gasteiger partial charge in [0, 0.05) is 21.4 Å². The van der Waals surface area contributed by atoms with E-state index in [1.165, 1.54) is 18.2 Å². The number of nitriles is 1. The number of carbonyl (C=O) groups is 2. The van der Waals surface area contributed by atoms with Gasteiger partial charge in [-0.15, -0.1) is 11.3 Å². The highest BCUT2D eigenvalue weighted by molar-refractivity contribution is 7.17. The number of anilines is 3. The van der Waals surface area contributed by atoms with Gasteiger partial charge in [-0.3, -0.25) is 14.5 Å². The summed E-state index contributed by atoms with van der Waals surface area (Å²) in [6.07, 6.45) is 1.34. The summed E-state index contributed by atoms with van der Waals surface area (Å²) in [6, 6.07) is 14.9. The second kappa shape index (κ2) is 11.6. The molecule has 250 valence electrons. The molecule has 0 saturated heterocycles. The first-order chi connectivity index (χ1) is 23.6. The quantitative estimate of drug-likeness (QED) is 0.0609. The van der Waals surface area contributed by atoms with E-state index in [1.807, 2.05) is 27.7 Å². The molecule has 4 aromatic carbocycles. The number of thiophene rings is 1. The molecular formula is C38H21Cl2F5N2O2S. The van der Waals surface area contributed by atoms with Gasteiger partial charge < -0.3 is 0 Å². The van der Waals surface area contributed by atoms with Crippen molar-refractivity contribution in [3.63, 3.8) is 0 Å². The van der Waals surface area contributed by atoms with Crippen molar-refractivity contribution in [3.05, 3.63) is 137 Å². The first-order valence-electron chi connectivity index (χ1n) is 15.0. The van der Waals surface area contributed by atoms with E-state index in [9.17, 15) is 28.0 Å². The molecule has 4 nitrogen and oxygen atoms in total. The number of rotatable bonds is 3. The molecule has 0 spiro atoms. The van der Waals surface area contributed by atoms with Crippen molar-refractivity contribution in [2.45, 2.75) is 33.1 Å². The minimum atomic E-state index is -2.29. The average Bonchev–Trinajstić information content (AvgIpc) is 3.60. The second-order valence-electron chi connectivity index (χ2n) is 12.6. The first-order valence-corrected chi connectivity index (χ1v) is 16.6. The topological polar surface area (TPSA) is 61.2 Å². The fourth-order valence-corrected chi connectivity index (χ4v) is 8.42. The summed E-state index contributed by atoms with van der Waals surface area (Å²) in [7, 11) is 0. The van der Waals surface area contributed by atoms with Crippen LogP contribution in [0.5, 0.6) is 0 Å². The van der Waals surface area contributed by atoms with E-state index in [0.717, 1.165) is 32.9 Å². The van der Waals surface area contributed by atoms with Crippen LogP contribution in [0.3, 0.4) is 0 Å². The number of aryl methyl sites for hydroxylation is 2. The van der Waals surface area contributed by atoms with Crippen LogP contribution in [0.4, 0.5) is 38.3 Å². The molecule has 2 aliphatic rings. The third-order valence-corrected chi connectivity index (χ3v) is 11.0. The van der Waals surface area contributed by atoms with E-state index >= 15 is 8.78 Å². The van der Waals surface area contributed by atoms with Crippen LogP contribution >= 0.6 is 34.5 Å². The number of ketones is 2. The van der Waals surface area contributed by atoms with E-state index in [4.69, 9.17) is 23.2 Å². The lowest BCUT2D eigenvalue weighted by Gasteiger charge is -2.40. The molecule has 1 aromatic heterocycles. The van der Waals surface area contributed by atoms with Crippen LogP contribution in [0, 0.1) is 54.3 Å². The van der Waals surface area contributed by atoms with E-state index < -0.39 is 51.8 Å². The summed E-state index contributed by atoms with van der Waals surface area (Å²) >= 11 is 13.1.